The topological polar surface area (TPSA) is 101 Å². The van der Waals surface area contributed by atoms with Gasteiger partial charge >= 0.3 is 0 Å². The van der Waals surface area contributed by atoms with Crippen LogP contribution >= 0.6 is 0 Å². The van der Waals surface area contributed by atoms with Gasteiger partial charge < -0.3 is 15.3 Å². The molecule has 2 atom stereocenters. The van der Waals surface area contributed by atoms with Gasteiger partial charge in [-0.1, -0.05) is 32.8 Å². The summed E-state index contributed by atoms with van der Waals surface area (Å²) < 4.78 is 3.44. The van der Waals surface area contributed by atoms with Crippen molar-refractivity contribution in [1.82, 2.24) is 29.2 Å². The number of nitrogens with one attached hydrogen (secondary N) is 1. The largest absolute Gasteiger partial charge is 0.384 e. The monoisotopic (exact) mass is 507 g/mol. The number of hydrogen-bond donors (Lipinski definition) is 2. The van der Waals surface area contributed by atoms with Gasteiger partial charge in [0.2, 0.25) is 5.95 Å². The summed E-state index contributed by atoms with van der Waals surface area (Å²) in [5, 5.41) is 14.5. The fourth-order valence-corrected chi connectivity index (χ4v) is 5.95. The second-order valence-electron chi connectivity index (χ2n) is 11.5. The van der Waals surface area contributed by atoms with E-state index in [4.69, 9.17) is 9.97 Å². The van der Waals surface area contributed by atoms with Crippen LogP contribution in [0.25, 0.3) is 16.9 Å². The first kappa shape index (κ1) is 25.9. The quantitative estimate of drug-likeness (QED) is 0.497. The molecule has 0 amide bonds. The van der Waals surface area contributed by atoms with Crippen LogP contribution in [0.2, 0.25) is 0 Å². The molecule has 0 bridgehead atoms. The zero-order valence-electron chi connectivity index (χ0n) is 22.7. The van der Waals surface area contributed by atoms with Crippen molar-refractivity contribution >= 4 is 17.0 Å². The number of nitrogens with zero attached hydrogens (tertiary/aromatic N) is 6. The zero-order chi connectivity index (χ0) is 26.2. The second-order valence-corrected chi connectivity index (χ2v) is 11.5. The van der Waals surface area contributed by atoms with Gasteiger partial charge in [0.25, 0.3) is 5.56 Å². The van der Waals surface area contributed by atoms with E-state index < -0.39 is 5.60 Å². The van der Waals surface area contributed by atoms with E-state index in [9.17, 15) is 9.90 Å². The van der Waals surface area contributed by atoms with Crippen LogP contribution in [-0.4, -0.2) is 59.5 Å². The van der Waals surface area contributed by atoms with Gasteiger partial charge in [0.15, 0.2) is 11.5 Å². The standard InChI is InChI=1S/C28H41N7O2/c1-5-14-34-26(36)22-18-29-27(30-20-12-15-33(16-13-20)21-9-6-8-19(2)17-21)32-25(22)35(34)24-11-7-10-23(31-24)28(3,4)37/h7,10-11,18-21,37H,5-6,8-9,12-17H2,1-4H3,(H,29,30,32). The van der Waals surface area contributed by atoms with Gasteiger partial charge in [-0.25, -0.2) is 19.3 Å². The van der Waals surface area contributed by atoms with Gasteiger partial charge in [-0.3, -0.25) is 4.79 Å². The van der Waals surface area contributed by atoms with Crippen LogP contribution in [0.3, 0.4) is 0 Å². The minimum Gasteiger partial charge on any atom is -0.384 e. The van der Waals surface area contributed by atoms with Crippen molar-refractivity contribution < 1.29 is 5.11 Å². The van der Waals surface area contributed by atoms with E-state index in [1.165, 1.54) is 25.7 Å². The molecule has 2 fully saturated rings. The maximum absolute atomic E-state index is 13.3. The molecule has 2 unspecified atom stereocenters. The molecule has 1 aliphatic heterocycles. The fraction of sp³-hybridized carbons (Fsp3) is 0.643. The smallest absolute Gasteiger partial charge is 0.278 e. The Morgan fingerprint density at radius 1 is 1.14 bits per heavy atom. The molecule has 2 aliphatic rings. The number of likely N-dealkylation sites (tertiary alicyclic amines) is 1. The van der Waals surface area contributed by atoms with E-state index in [0.717, 1.165) is 44.3 Å². The van der Waals surface area contributed by atoms with E-state index in [2.05, 4.69) is 22.1 Å². The lowest BCUT2D eigenvalue weighted by atomic mass is 9.85. The summed E-state index contributed by atoms with van der Waals surface area (Å²) in [5.74, 6) is 1.93. The molecular weight excluding hydrogens is 466 g/mol. The Morgan fingerprint density at radius 2 is 1.92 bits per heavy atom. The van der Waals surface area contributed by atoms with Crippen LogP contribution in [0, 0.1) is 5.92 Å². The molecule has 37 heavy (non-hydrogen) atoms. The third-order valence-corrected chi connectivity index (χ3v) is 7.98. The number of piperidine rings is 1. The molecule has 1 saturated heterocycles. The van der Waals surface area contributed by atoms with E-state index in [1.54, 1.807) is 35.5 Å². The number of fused-ring (bicyclic) bond motifs is 1. The predicted octanol–water partition coefficient (Wildman–Crippen LogP) is 4.07. The van der Waals surface area contributed by atoms with Crippen molar-refractivity contribution in [1.29, 1.82) is 0 Å². The first-order chi connectivity index (χ1) is 17.7. The zero-order valence-corrected chi connectivity index (χ0v) is 22.7. The Hall–Kier alpha value is -2.78. The number of pyridine rings is 1. The normalized spacial score (nSPS) is 22.0. The van der Waals surface area contributed by atoms with Crippen molar-refractivity contribution in [2.75, 3.05) is 18.4 Å². The number of anilines is 1. The van der Waals surface area contributed by atoms with Gasteiger partial charge in [0, 0.05) is 37.9 Å². The molecule has 3 aromatic heterocycles. The highest BCUT2D eigenvalue weighted by atomic mass is 16.3. The first-order valence-electron chi connectivity index (χ1n) is 13.9. The highest BCUT2D eigenvalue weighted by Gasteiger charge is 2.29. The average Bonchev–Trinajstić information content (AvgIpc) is 3.15. The Morgan fingerprint density at radius 3 is 2.62 bits per heavy atom. The average molecular weight is 508 g/mol. The lowest BCUT2D eigenvalue weighted by Gasteiger charge is -2.40. The van der Waals surface area contributed by atoms with Crippen LogP contribution < -0.4 is 10.9 Å². The molecular formula is C28H41N7O2. The van der Waals surface area contributed by atoms with Crippen LogP contribution in [-0.2, 0) is 12.1 Å². The van der Waals surface area contributed by atoms with Gasteiger partial charge in [0.1, 0.15) is 11.0 Å². The molecule has 5 rings (SSSR count). The summed E-state index contributed by atoms with van der Waals surface area (Å²) >= 11 is 0. The summed E-state index contributed by atoms with van der Waals surface area (Å²) in [6.07, 6.45) is 9.92. The van der Waals surface area contributed by atoms with Gasteiger partial charge in [-0.2, -0.15) is 4.98 Å². The Bertz CT molecular complexity index is 1280. The maximum Gasteiger partial charge on any atom is 0.278 e. The molecule has 0 aromatic carbocycles. The third kappa shape index (κ3) is 5.43. The summed E-state index contributed by atoms with van der Waals surface area (Å²) in [7, 11) is 0. The Labute approximate surface area is 218 Å². The first-order valence-corrected chi connectivity index (χ1v) is 13.9. The molecule has 0 radical (unpaired) electrons. The third-order valence-electron chi connectivity index (χ3n) is 7.98. The Kier molecular flexibility index (Phi) is 7.36. The van der Waals surface area contributed by atoms with Gasteiger partial charge in [-0.05, 0) is 64.0 Å². The summed E-state index contributed by atoms with van der Waals surface area (Å²) in [6.45, 7) is 10.6. The van der Waals surface area contributed by atoms with E-state index in [-0.39, 0.29) is 5.56 Å². The number of hydrogen-bond acceptors (Lipinski definition) is 7. The van der Waals surface area contributed by atoms with Crippen molar-refractivity contribution in [2.45, 2.75) is 96.9 Å². The minimum absolute atomic E-state index is 0.131. The van der Waals surface area contributed by atoms with Crippen molar-refractivity contribution in [2.24, 2.45) is 5.92 Å². The van der Waals surface area contributed by atoms with Crippen LogP contribution in [0.4, 0.5) is 5.95 Å². The SMILES string of the molecule is CCCn1c(=O)c2cnc(NC3CCN(C4CCCC(C)C4)CC3)nc2n1-c1cccc(C(C)(C)O)n1. The van der Waals surface area contributed by atoms with E-state index in [1.807, 2.05) is 19.1 Å². The molecule has 9 nitrogen and oxygen atoms in total. The molecule has 1 aliphatic carbocycles. The van der Waals surface area contributed by atoms with Crippen molar-refractivity contribution in [3.05, 3.63) is 40.4 Å². The molecule has 4 heterocycles. The summed E-state index contributed by atoms with van der Waals surface area (Å²) in [6, 6.07) is 6.53. The lowest BCUT2D eigenvalue weighted by molar-refractivity contribution is 0.0738. The van der Waals surface area contributed by atoms with Crippen molar-refractivity contribution in [3.8, 4) is 5.82 Å². The second kappa shape index (κ2) is 10.5. The van der Waals surface area contributed by atoms with Gasteiger partial charge in [0.05, 0.1) is 5.69 Å². The van der Waals surface area contributed by atoms with E-state index in [0.29, 0.717) is 41.1 Å². The van der Waals surface area contributed by atoms with Gasteiger partial charge in [-0.15, -0.1) is 0 Å². The van der Waals surface area contributed by atoms with Crippen LogP contribution in [0.1, 0.15) is 78.3 Å². The molecule has 3 aromatic rings. The minimum atomic E-state index is -1.10. The Balaban J connectivity index is 1.40. The lowest BCUT2D eigenvalue weighted by Crippen LogP contribution is -2.46. The molecule has 1 saturated carbocycles. The number of rotatable bonds is 7. The molecule has 200 valence electrons. The highest BCUT2D eigenvalue weighted by molar-refractivity contribution is 5.76. The predicted molar refractivity (Wildman–Crippen MR) is 146 cm³/mol. The van der Waals surface area contributed by atoms with E-state index >= 15 is 0 Å². The summed E-state index contributed by atoms with van der Waals surface area (Å²) in [4.78, 5) is 30.0. The number of aliphatic hydroxyl groups is 1. The fourth-order valence-electron chi connectivity index (χ4n) is 5.95. The van der Waals surface area contributed by atoms with Crippen LogP contribution in [0.15, 0.2) is 29.2 Å². The summed E-state index contributed by atoms with van der Waals surface area (Å²) in [5.41, 5.74) is -0.158. The molecule has 0 spiro atoms. The maximum atomic E-state index is 13.3. The highest BCUT2D eigenvalue weighted by Crippen LogP contribution is 2.29. The molecule has 2 N–H and O–H groups in total. The van der Waals surface area contributed by atoms with Crippen molar-refractivity contribution in [3.63, 3.8) is 0 Å². The van der Waals surface area contributed by atoms with Crippen LogP contribution in [0.5, 0.6) is 0 Å². The number of aromatic nitrogens is 5. The molecule has 9 heteroatoms.